The molecular formula is C29H35NO4. The summed E-state index contributed by atoms with van der Waals surface area (Å²) in [6, 6.07) is 13.4. The summed E-state index contributed by atoms with van der Waals surface area (Å²) in [7, 11) is 1.62. The van der Waals surface area contributed by atoms with Crippen molar-refractivity contribution < 1.29 is 19.4 Å². The van der Waals surface area contributed by atoms with Crippen molar-refractivity contribution in [1.82, 2.24) is 4.90 Å². The lowest BCUT2D eigenvalue weighted by Gasteiger charge is -2.60. The van der Waals surface area contributed by atoms with Gasteiger partial charge in [0.05, 0.1) is 13.0 Å². The number of hydrogen-bond acceptors (Lipinski definition) is 3. The molecule has 1 amide bonds. The second-order valence-electron chi connectivity index (χ2n) is 11.0. The van der Waals surface area contributed by atoms with Crippen molar-refractivity contribution in [3.63, 3.8) is 0 Å². The maximum atomic E-state index is 14.1. The summed E-state index contributed by atoms with van der Waals surface area (Å²) in [6.07, 6.45) is 7.18. The van der Waals surface area contributed by atoms with Crippen molar-refractivity contribution in [1.29, 1.82) is 0 Å². The average Bonchev–Trinajstić information content (AvgIpc) is 2.81. The Kier molecular flexibility index (Phi) is 5.91. The Bertz CT molecular complexity index is 1070. The maximum absolute atomic E-state index is 14.1. The first-order valence-corrected chi connectivity index (χ1v) is 12.6. The quantitative estimate of drug-likeness (QED) is 0.566. The minimum absolute atomic E-state index is 0.0527. The van der Waals surface area contributed by atoms with E-state index in [1.165, 1.54) is 19.3 Å². The number of methoxy groups -OCH3 is 1. The molecule has 5 heteroatoms. The van der Waals surface area contributed by atoms with Gasteiger partial charge in [0.15, 0.2) is 0 Å². The SMILES string of the molecule is COc1cccc(C(=O)N(Cc2cccc(C(C)C(=O)O)c2C)C23CC4CC(CC(C4)C2)C3)c1. The van der Waals surface area contributed by atoms with Crippen LogP contribution in [0.4, 0.5) is 0 Å². The van der Waals surface area contributed by atoms with Gasteiger partial charge in [-0.3, -0.25) is 9.59 Å². The van der Waals surface area contributed by atoms with Gasteiger partial charge in [-0.1, -0.05) is 24.3 Å². The fourth-order valence-electron chi connectivity index (χ4n) is 7.41. The van der Waals surface area contributed by atoms with E-state index in [1.807, 2.05) is 43.3 Å². The molecule has 4 saturated carbocycles. The van der Waals surface area contributed by atoms with E-state index in [0.29, 0.717) is 35.6 Å². The molecule has 0 aliphatic heterocycles. The molecule has 4 bridgehead atoms. The van der Waals surface area contributed by atoms with Gasteiger partial charge in [-0.2, -0.15) is 0 Å². The van der Waals surface area contributed by atoms with Crippen molar-refractivity contribution >= 4 is 11.9 Å². The first-order chi connectivity index (χ1) is 16.3. The van der Waals surface area contributed by atoms with Crippen LogP contribution in [0.1, 0.15) is 78.4 Å². The van der Waals surface area contributed by atoms with Crippen LogP contribution in [0.25, 0.3) is 0 Å². The third kappa shape index (κ3) is 3.99. The molecule has 0 saturated heterocycles. The molecule has 180 valence electrons. The van der Waals surface area contributed by atoms with E-state index in [0.717, 1.165) is 36.0 Å². The standard InChI is InChI=1S/C29H35NO4/c1-18-24(7-5-9-26(18)19(2)28(32)33)17-30(27(31)23-6-4-8-25(13-23)34-3)29-14-20-10-21(15-29)12-22(11-20)16-29/h4-9,13,19-22H,10-12,14-17H2,1-3H3,(H,32,33). The van der Waals surface area contributed by atoms with Crippen LogP contribution in [0.2, 0.25) is 0 Å². The van der Waals surface area contributed by atoms with E-state index in [1.54, 1.807) is 14.0 Å². The van der Waals surface area contributed by atoms with Gasteiger partial charge in [0, 0.05) is 17.6 Å². The van der Waals surface area contributed by atoms with Crippen molar-refractivity contribution in [3.8, 4) is 5.75 Å². The summed E-state index contributed by atoms with van der Waals surface area (Å²) < 4.78 is 5.41. The van der Waals surface area contributed by atoms with Gasteiger partial charge in [-0.05, 0) is 105 Å². The fraction of sp³-hybridized carbons (Fsp3) is 0.517. The summed E-state index contributed by atoms with van der Waals surface area (Å²) in [4.78, 5) is 28.0. The Balaban J connectivity index is 1.55. The number of rotatable bonds is 7. The number of benzene rings is 2. The number of hydrogen-bond donors (Lipinski definition) is 1. The van der Waals surface area contributed by atoms with Crippen LogP contribution >= 0.6 is 0 Å². The minimum atomic E-state index is -0.828. The second kappa shape index (κ2) is 8.75. The van der Waals surface area contributed by atoms with Crippen molar-refractivity contribution in [2.45, 2.75) is 70.4 Å². The molecule has 2 aromatic rings. The molecule has 1 atom stereocenters. The van der Waals surface area contributed by atoms with Gasteiger partial charge in [0.2, 0.25) is 0 Å². The Morgan fingerprint density at radius 2 is 1.68 bits per heavy atom. The highest BCUT2D eigenvalue weighted by molar-refractivity contribution is 5.95. The van der Waals surface area contributed by atoms with Crippen LogP contribution in [0.15, 0.2) is 42.5 Å². The van der Waals surface area contributed by atoms with Crippen LogP contribution in [0, 0.1) is 24.7 Å². The first-order valence-electron chi connectivity index (χ1n) is 12.6. The number of carbonyl (C=O) groups excluding carboxylic acids is 1. The van der Waals surface area contributed by atoms with Gasteiger partial charge in [0.1, 0.15) is 5.75 Å². The third-order valence-corrected chi connectivity index (χ3v) is 8.79. The lowest BCUT2D eigenvalue weighted by molar-refractivity contribution is -0.138. The normalized spacial score (nSPS) is 27.9. The largest absolute Gasteiger partial charge is 0.497 e. The Hall–Kier alpha value is -2.82. The Morgan fingerprint density at radius 3 is 2.26 bits per heavy atom. The lowest BCUT2D eigenvalue weighted by Crippen LogP contribution is -2.61. The third-order valence-electron chi connectivity index (χ3n) is 8.79. The summed E-state index contributed by atoms with van der Waals surface area (Å²) in [6.45, 7) is 4.24. The number of carboxylic acid groups (broad SMARTS) is 1. The molecule has 0 spiro atoms. The van der Waals surface area contributed by atoms with Crippen molar-refractivity contribution in [2.75, 3.05) is 7.11 Å². The first kappa shape index (κ1) is 22.9. The van der Waals surface area contributed by atoms with E-state index in [4.69, 9.17) is 4.74 Å². The number of aliphatic carboxylic acids is 1. The van der Waals surface area contributed by atoms with Crippen LogP contribution in [0.5, 0.6) is 5.75 Å². The Labute approximate surface area is 202 Å². The molecule has 0 aromatic heterocycles. The topological polar surface area (TPSA) is 66.8 Å². The summed E-state index contributed by atoms with van der Waals surface area (Å²) >= 11 is 0. The smallest absolute Gasteiger partial charge is 0.310 e. The van der Waals surface area contributed by atoms with E-state index < -0.39 is 11.9 Å². The molecule has 34 heavy (non-hydrogen) atoms. The molecule has 2 aromatic carbocycles. The highest BCUT2D eigenvalue weighted by Crippen LogP contribution is 2.58. The van der Waals surface area contributed by atoms with Crippen LogP contribution in [-0.2, 0) is 11.3 Å². The van der Waals surface area contributed by atoms with Crippen LogP contribution in [0.3, 0.4) is 0 Å². The minimum Gasteiger partial charge on any atom is -0.497 e. The average molecular weight is 462 g/mol. The molecule has 0 heterocycles. The second-order valence-corrected chi connectivity index (χ2v) is 11.0. The molecule has 4 aliphatic rings. The van der Waals surface area contributed by atoms with E-state index in [-0.39, 0.29) is 11.4 Å². The molecule has 1 N–H and O–H groups in total. The highest BCUT2D eigenvalue weighted by Gasteiger charge is 2.54. The van der Waals surface area contributed by atoms with Crippen molar-refractivity contribution in [3.05, 3.63) is 64.7 Å². The maximum Gasteiger partial charge on any atom is 0.310 e. The molecular weight excluding hydrogens is 426 g/mol. The number of nitrogens with zero attached hydrogens (tertiary/aromatic N) is 1. The zero-order valence-corrected chi connectivity index (χ0v) is 20.4. The Morgan fingerprint density at radius 1 is 1.06 bits per heavy atom. The van der Waals surface area contributed by atoms with Gasteiger partial charge in [-0.15, -0.1) is 0 Å². The molecule has 4 aliphatic carbocycles. The highest BCUT2D eigenvalue weighted by atomic mass is 16.5. The zero-order valence-electron chi connectivity index (χ0n) is 20.4. The number of ether oxygens (including phenoxy) is 1. The number of amides is 1. The van der Waals surface area contributed by atoms with Crippen LogP contribution in [-0.4, -0.2) is 34.5 Å². The zero-order chi connectivity index (χ0) is 24.0. The van der Waals surface area contributed by atoms with Gasteiger partial charge in [-0.25, -0.2) is 0 Å². The van der Waals surface area contributed by atoms with Crippen molar-refractivity contribution in [2.24, 2.45) is 17.8 Å². The lowest BCUT2D eigenvalue weighted by atomic mass is 9.52. The fourth-order valence-corrected chi connectivity index (χ4v) is 7.41. The molecule has 5 nitrogen and oxygen atoms in total. The predicted octanol–water partition coefficient (Wildman–Crippen LogP) is 5.80. The molecule has 6 rings (SSSR count). The summed E-state index contributed by atoms with van der Waals surface area (Å²) in [5.41, 5.74) is 3.38. The van der Waals surface area contributed by atoms with E-state index in [9.17, 15) is 14.7 Å². The molecule has 1 unspecified atom stereocenters. The van der Waals surface area contributed by atoms with E-state index in [2.05, 4.69) is 11.0 Å². The summed E-state index contributed by atoms with van der Waals surface area (Å²) in [5.74, 6) is 1.47. The number of carboxylic acids is 1. The molecule has 0 radical (unpaired) electrons. The summed E-state index contributed by atoms with van der Waals surface area (Å²) in [5, 5.41) is 9.60. The number of carbonyl (C=O) groups is 2. The van der Waals surface area contributed by atoms with Gasteiger partial charge >= 0.3 is 5.97 Å². The molecule has 4 fully saturated rings. The van der Waals surface area contributed by atoms with Crippen LogP contribution < -0.4 is 4.74 Å². The van der Waals surface area contributed by atoms with Gasteiger partial charge in [0.25, 0.3) is 5.91 Å². The van der Waals surface area contributed by atoms with Gasteiger partial charge < -0.3 is 14.7 Å². The van der Waals surface area contributed by atoms with E-state index >= 15 is 0 Å². The predicted molar refractivity (Wildman–Crippen MR) is 131 cm³/mol. The monoisotopic (exact) mass is 461 g/mol.